The predicted octanol–water partition coefficient (Wildman–Crippen LogP) is 3.62. The minimum absolute atomic E-state index is 0.270. The maximum Gasteiger partial charge on any atom is 0.258 e. The van der Waals surface area contributed by atoms with Crippen LogP contribution in [0.1, 0.15) is 55.8 Å². The van der Waals surface area contributed by atoms with Crippen molar-refractivity contribution in [2.75, 3.05) is 6.54 Å². The van der Waals surface area contributed by atoms with Gasteiger partial charge in [-0.3, -0.25) is 4.79 Å². The topological polar surface area (TPSA) is 49.3 Å². The molecule has 0 radical (unpaired) electrons. The number of phenols is 1. The number of carbonyl (C=O) groups excluding carboxylic acids is 1. The van der Waals surface area contributed by atoms with Crippen molar-refractivity contribution in [1.29, 1.82) is 0 Å². The average Bonchev–Trinajstić information content (AvgIpc) is 2.37. The Hall–Kier alpha value is -1.58. The first-order valence-corrected chi connectivity index (χ1v) is 6.92. The standard InChI is InChI=1S/C15H22FNO2/c1-2-3-4-5-6-7-11-17-15(19)14-12(16)9-8-10-13(14)18/h8-10,18H,2-7,11H2,1H3,(H,17,19). The van der Waals surface area contributed by atoms with Crippen molar-refractivity contribution in [1.82, 2.24) is 5.32 Å². The predicted molar refractivity (Wildman–Crippen MR) is 73.8 cm³/mol. The van der Waals surface area contributed by atoms with Gasteiger partial charge in [0.25, 0.3) is 5.91 Å². The largest absolute Gasteiger partial charge is 0.507 e. The Kier molecular flexibility index (Phi) is 6.93. The van der Waals surface area contributed by atoms with Gasteiger partial charge in [0, 0.05) is 6.54 Å². The molecule has 0 spiro atoms. The van der Waals surface area contributed by atoms with E-state index in [0.717, 1.165) is 19.3 Å². The lowest BCUT2D eigenvalue weighted by molar-refractivity contribution is 0.0946. The highest BCUT2D eigenvalue weighted by Gasteiger charge is 2.15. The van der Waals surface area contributed by atoms with E-state index in [1.54, 1.807) is 0 Å². The number of hydrogen-bond donors (Lipinski definition) is 2. The number of rotatable bonds is 8. The van der Waals surface area contributed by atoms with E-state index in [2.05, 4.69) is 12.2 Å². The highest BCUT2D eigenvalue weighted by Crippen LogP contribution is 2.19. The van der Waals surface area contributed by atoms with Gasteiger partial charge in [-0.1, -0.05) is 45.1 Å². The summed E-state index contributed by atoms with van der Waals surface area (Å²) in [6.07, 6.45) is 6.78. The second-order valence-corrected chi connectivity index (χ2v) is 4.66. The second kappa shape index (κ2) is 8.51. The lowest BCUT2D eigenvalue weighted by Gasteiger charge is -2.07. The number of amides is 1. The summed E-state index contributed by atoms with van der Waals surface area (Å²) < 4.78 is 13.4. The maximum absolute atomic E-state index is 13.4. The van der Waals surface area contributed by atoms with Crippen LogP contribution in [0, 0.1) is 5.82 Å². The van der Waals surface area contributed by atoms with Crippen LogP contribution < -0.4 is 5.32 Å². The Morgan fingerprint density at radius 2 is 1.89 bits per heavy atom. The number of benzene rings is 1. The average molecular weight is 267 g/mol. The lowest BCUT2D eigenvalue weighted by Crippen LogP contribution is -2.25. The number of carbonyl (C=O) groups is 1. The molecule has 0 aromatic heterocycles. The molecule has 0 bridgehead atoms. The molecule has 19 heavy (non-hydrogen) atoms. The van der Waals surface area contributed by atoms with E-state index in [4.69, 9.17) is 0 Å². The van der Waals surface area contributed by atoms with E-state index in [-0.39, 0.29) is 11.3 Å². The highest BCUT2D eigenvalue weighted by molar-refractivity contribution is 5.97. The van der Waals surface area contributed by atoms with Crippen LogP contribution in [-0.2, 0) is 0 Å². The monoisotopic (exact) mass is 267 g/mol. The molecule has 4 heteroatoms. The van der Waals surface area contributed by atoms with Crippen LogP contribution >= 0.6 is 0 Å². The molecule has 0 saturated heterocycles. The van der Waals surface area contributed by atoms with Gasteiger partial charge < -0.3 is 10.4 Å². The van der Waals surface area contributed by atoms with Gasteiger partial charge in [0.15, 0.2) is 0 Å². The Bertz CT molecular complexity index is 387. The zero-order chi connectivity index (χ0) is 14.1. The molecule has 2 N–H and O–H groups in total. The van der Waals surface area contributed by atoms with Crippen molar-refractivity contribution in [3.8, 4) is 5.75 Å². The van der Waals surface area contributed by atoms with Crippen LogP contribution in [0.25, 0.3) is 0 Å². The number of aromatic hydroxyl groups is 1. The molecular formula is C15H22FNO2. The summed E-state index contributed by atoms with van der Waals surface area (Å²) in [6.45, 7) is 2.68. The van der Waals surface area contributed by atoms with Crippen molar-refractivity contribution in [3.63, 3.8) is 0 Å². The molecule has 1 aromatic rings. The van der Waals surface area contributed by atoms with Crippen molar-refractivity contribution >= 4 is 5.91 Å². The van der Waals surface area contributed by atoms with Gasteiger partial charge in [-0.25, -0.2) is 4.39 Å². The fourth-order valence-electron chi connectivity index (χ4n) is 1.93. The molecule has 1 amide bonds. The molecule has 1 aromatic carbocycles. The molecule has 3 nitrogen and oxygen atoms in total. The molecular weight excluding hydrogens is 245 g/mol. The summed E-state index contributed by atoms with van der Waals surface area (Å²) in [6, 6.07) is 3.84. The molecule has 106 valence electrons. The molecule has 0 atom stereocenters. The van der Waals surface area contributed by atoms with E-state index in [1.807, 2.05) is 0 Å². The van der Waals surface area contributed by atoms with Gasteiger partial charge in [0.2, 0.25) is 0 Å². The van der Waals surface area contributed by atoms with Crippen LogP contribution in [0.15, 0.2) is 18.2 Å². The molecule has 0 unspecified atom stereocenters. The van der Waals surface area contributed by atoms with E-state index < -0.39 is 11.7 Å². The Balaban J connectivity index is 2.28. The maximum atomic E-state index is 13.4. The first-order valence-electron chi connectivity index (χ1n) is 6.92. The Morgan fingerprint density at radius 1 is 1.21 bits per heavy atom. The Morgan fingerprint density at radius 3 is 2.58 bits per heavy atom. The van der Waals surface area contributed by atoms with Crippen molar-refractivity contribution < 1.29 is 14.3 Å². The smallest absolute Gasteiger partial charge is 0.258 e. The van der Waals surface area contributed by atoms with E-state index in [0.29, 0.717) is 6.54 Å². The minimum Gasteiger partial charge on any atom is -0.507 e. The van der Waals surface area contributed by atoms with E-state index in [1.165, 1.54) is 37.5 Å². The van der Waals surface area contributed by atoms with Gasteiger partial charge in [-0.2, -0.15) is 0 Å². The van der Waals surface area contributed by atoms with Crippen molar-refractivity contribution in [3.05, 3.63) is 29.6 Å². The quantitative estimate of drug-likeness (QED) is 0.707. The minimum atomic E-state index is -0.694. The van der Waals surface area contributed by atoms with Crippen LogP contribution in [0.4, 0.5) is 4.39 Å². The first-order chi connectivity index (χ1) is 9.16. The third-order valence-electron chi connectivity index (χ3n) is 3.03. The molecule has 0 saturated carbocycles. The van der Waals surface area contributed by atoms with Gasteiger partial charge in [-0.05, 0) is 18.6 Å². The summed E-state index contributed by atoms with van der Waals surface area (Å²) in [7, 11) is 0. The summed E-state index contributed by atoms with van der Waals surface area (Å²) in [5.74, 6) is -1.56. The van der Waals surface area contributed by atoms with Gasteiger partial charge in [-0.15, -0.1) is 0 Å². The zero-order valence-electron chi connectivity index (χ0n) is 11.4. The normalized spacial score (nSPS) is 10.4. The fraction of sp³-hybridized carbons (Fsp3) is 0.533. The van der Waals surface area contributed by atoms with Crippen LogP contribution in [0.3, 0.4) is 0 Å². The summed E-state index contributed by atoms with van der Waals surface area (Å²) in [5.41, 5.74) is -0.270. The van der Waals surface area contributed by atoms with Crippen LogP contribution in [0.2, 0.25) is 0 Å². The summed E-state index contributed by atoms with van der Waals surface area (Å²) >= 11 is 0. The molecule has 0 heterocycles. The first kappa shape index (κ1) is 15.5. The number of unbranched alkanes of at least 4 members (excludes halogenated alkanes) is 5. The van der Waals surface area contributed by atoms with Gasteiger partial charge in [0.1, 0.15) is 17.1 Å². The SMILES string of the molecule is CCCCCCCCNC(=O)c1c(O)cccc1F. The van der Waals surface area contributed by atoms with Crippen LogP contribution in [0.5, 0.6) is 5.75 Å². The van der Waals surface area contributed by atoms with E-state index >= 15 is 0 Å². The highest BCUT2D eigenvalue weighted by atomic mass is 19.1. The zero-order valence-corrected chi connectivity index (χ0v) is 11.4. The number of phenolic OH excluding ortho intramolecular Hbond substituents is 1. The second-order valence-electron chi connectivity index (χ2n) is 4.66. The third kappa shape index (κ3) is 5.28. The molecule has 1 rings (SSSR count). The molecule has 0 aliphatic carbocycles. The number of halogens is 1. The van der Waals surface area contributed by atoms with Crippen LogP contribution in [-0.4, -0.2) is 17.6 Å². The summed E-state index contributed by atoms with van der Waals surface area (Å²) in [4.78, 5) is 11.7. The van der Waals surface area contributed by atoms with E-state index in [9.17, 15) is 14.3 Å². The van der Waals surface area contributed by atoms with Gasteiger partial charge >= 0.3 is 0 Å². The third-order valence-corrected chi connectivity index (χ3v) is 3.03. The lowest BCUT2D eigenvalue weighted by atomic mass is 10.1. The Labute approximate surface area is 113 Å². The molecule has 0 fully saturated rings. The van der Waals surface area contributed by atoms with Crippen molar-refractivity contribution in [2.24, 2.45) is 0 Å². The van der Waals surface area contributed by atoms with Crippen molar-refractivity contribution in [2.45, 2.75) is 45.4 Å². The fourth-order valence-corrected chi connectivity index (χ4v) is 1.93. The summed E-state index contributed by atoms with van der Waals surface area (Å²) in [5, 5.41) is 12.1. The number of nitrogens with one attached hydrogen (secondary N) is 1. The number of hydrogen-bond acceptors (Lipinski definition) is 2. The molecule has 0 aliphatic heterocycles. The van der Waals surface area contributed by atoms with Gasteiger partial charge in [0.05, 0.1) is 0 Å². The molecule has 0 aliphatic rings.